The van der Waals surface area contributed by atoms with Crippen LogP contribution in [0.5, 0.6) is 5.75 Å². The van der Waals surface area contributed by atoms with E-state index in [1.807, 2.05) is 0 Å². The Labute approximate surface area is 105 Å². The van der Waals surface area contributed by atoms with Crippen molar-refractivity contribution in [1.82, 2.24) is 5.32 Å². The van der Waals surface area contributed by atoms with Gasteiger partial charge in [0.25, 0.3) is 5.91 Å². The van der Waals surface area contributed by atoms with Crippen molar-refractivity contribution in [1.29, 1.82) is 0 Å². The van der Waals surface area contributed by atoms with Crippen LogP contribution >= 0.6 is 0 Å². The molecular formula is C13H16N2O3. The van der Waals surface area contributed by atoms with E-state index in [1.165, 1.54) is 12.1 Å². The Balaban J connectivity index is 2.14. The first kappa shape index (κ1) is 12.4. The van der Waals surface area contributed by atoms with Crippen molar-refractivity contribution in [3.8, 4) is 5.75 Å². The van der Waals surface area contributed by atoms with E-state index in [9.17, 15) is 14.7 Å². The highest BCUT2D eigenvalue weighted by Crippen LogP contribution is 2.24. The van der Waals surface area contributed by atoms with Gasteiger partial charge in [-0.05, 0) is 31.0 Å². The van der Waals surface area contributed by atoms with E-state index in [0.29, 0.717) is 12.1 Å². The first-order valence-electron chi connectivity index (χ1n) is 6.04. The van der Waals surface area contributed by atoms with Gasteiger partial charge in [-0.25, -0.2) is 0 Å². The Kier molecular flexibility index (Phi) is 3.50. The highest BCUT2D eigenvalue weighted by molar-refractivity contribution is 5.99. The maximum absolute atomic E-state index is 11.8. The molecule has 2 rings (SSSR count). The summed E-state index contributed by atoms with van der Waals surface area (Å²) in [4.78, 5) is 23.1. The number of aromatic hydroxyl groups is 1. The number of nitrogens with one attached hydrogen (secondary N) is 2. The molecule has 1 aromatic carbocycles. The average molecular weight is 248 g/mol. The molecule has 0 spiro atoms. The summed E-state index contributed by atoms with van der Waals surface area (Å²) in [5.41, 5.74) is 0.705. The fraction of sp³-hybridized carbons (Fsp3) is 0.385. The van der Waals surface area contributed by atoms with E-state index in [2.05, 4.69) is 10.6 Å². The van der Waals surface area contributed by atoms with E-state index in [4.69, 9.17) is 0 Å². The van der Waals surface area contributed by atoms with Crippen LogP contribution in [0.3, 0.4) is 0 Å². The summed E-state index contributed by atoms with van der Waals surface area (Å²) >= 11 is 0. The largest absolute Gasteiger partial charge is 0.507 e. The lowest BCUT2D eigenvalue weighted by Gasteiger charge is -2.09. The smallest absolute Gasteiger partial charge is 0.255 e. The van der Waals surface area contributed by atoms with Crippen molar-refractivity contribution in [2.45, 2.75) is 32.2 Å². The Morgan fingerprint density at radius 1 is 1.39 bits per heavy atom. The maximum atomic E-state index is 11.8. The molecule has 0 aliphatic heterocycles. The number of amides is 2. The number of hydrogen-bond donors (Lipinski definition) is 3. The predicted octanol–water partition coefficient (Wildman–Crippen LogP) is 1.63. The minimum Gasteiger partial charge on any atom is -0.507 e. The van der Waals surface area contributed by atoms with E-state index >= 15 is 0 Å². The molecule has 0 saturated heterocycles. The molecule has 96 valence electrons. The summed E-state index contributed by atoms with van der Waals surface area (Å²) in [6.07, 6.45) is 2.34. The van der Waals surface area contributed by atoms with Crippen LogP contribution in [-0.2, 0) is 4.79 Å². The lowest BCUT2D eigenvalue weighted by atomic mass is 10.1. The van der Waals surface area contributed by atoms with Gasteiger partial charge in [-0.15, -0.1) is 0 Å². The molecule has 3 N–H and O–H groups in total. The minimum atomic E-state index is -0.303. The third kappa shape index (κ3) is 3.00. The van der Waals surface area contributed by atoms with Gasteiger partial charge < -0.3 is 15.7 Å². The second-order valence-corrected chi connectivity index (χ2v) is 4.38. The Hall–Kier alpha value is -2.04. The number of benzene rings is 1. The summed E-state index contributed by atoms with van der Waals surface area (Å²) in [6, 6.07) is 4.69. The van der Waals surface area contributed by atoms with Gasteiger partial charge in [0.2, 0.25) is 5.91 Å². The lowest BCUT2D eigenvalue weighted by molar-refractivity contribution is -0.115. The van der Waals surface area contributed by atoms with Crippen LogP contribution in [0.4, 0.5) is 5.69 Å². The average Bonchev–Trinajstić information content (AvgIpc) is 3.15. The SMILES string of the molecule is CCC(=O)Nc1ccc(O)c(C(=O)NC2CC2)c1. The summed E-state index contributed by atoms with van der Waals surface area (Å²) in [6.45, 7) is 1.75. The fourth-order valence-corrected chi connectivity index (χ4v) is 1.54. The van der Waals surface area contributed by atoms with Crippen LogP contribution < -0.4 is 10.6 Å². The topological polar surface area (TPSA) is 78.4 Å². The van der Waals surface area contributed by atoms with Crippen molar-refractivity contribution in [3.05, 3.63) is 23.8 Å². The highest BCUT2D eigenvalue weighted by atomic mass is 16.3. The van der Waals surface area contributed by atoms with E-state index < -0.39 is 0 Å². The zero-order chi connectivity index (χ0) is 13.1. The quantitative estimate of drug-likeness (QED) is 0.709. The molecule has 1 aromatic rings. The Bertz CT molecular complexity index is 481. The predicted molar refractivity (Wildman–Crippen MR) is 67.5 cm³/mol. The zero-order valence-electron chi connectivity index (χ0n) is 10.2. The van der Waals surface area contributed by atoms with Crippen LogP contribution in [0.2, 0.25) is 0 Å². The molecule has 1 saturated carbocycles. The van der Waals surface area contributed by atoms with Gasteiger partial charge in [-0.2, -0.15) is 0 Å². The summed E-state index contributed by atoms with van der Waals surface area (Å²) in [5, 5.41) is 15.1. The third-order valence-electron chi connectivity index (χ3n) is 2.76. The molecule has 5 heteroatoms. The van der Waals surface area contributed by atoms with Crippen LogP contribution in [0.15, 0.2) is 18.2 Å². The number of phenols is 1. The van der Waals surface area contributed by atoms with Crippen LogP contribution in [0.25, 0.3) is 0 Å². The molecule has 0 radical (unpaired) electrons. The van der Waals surface area contributed by atoms with Gasteiger partial charge in [0, 0.05) is 18.2 Å². The number of phenolic OH excluding ortho intramolecular Hbond substituents is 1. The molecule has 1 fully saturated rings. The molecule has 1 aliphatic rings. The van der Waals surface area contributed by atoms with Gasteiger partial charge in [0.15, 0.2) is 0 Å². The molecule has 0 unspecified atom stereocenters. The van der Waals surface area contributed by atoms with E-state index in [-0.39, 0.29) is 29.2 Å². The van der Waals surface area contributed by atoms with Crippen molar-refractivity contribution >= 4 is 17.5 Å². The summed E-state index contributed by atoms with van der Waals surface area (Å²) in [5.74, 6) is -0.514. The molecule has 5 nitrogen and oxygen atoms in total. The number of hydrogen-bond acceptors (Lipinski definition) is 3. The molecule has 1 aliphatic carbocycles. The lowest BCUT2D eigenvalue weighted by Crippen LogP contribution is -2.25. The van der Waals surface area contributed by atoms with Crippen molar-refractivity contribution < 1.29 is 14.7 Å². The van der Waals surface area contributed by atoms with Crippen molar-refractivity contribution in [2.24, 2.45) is 0 Å². The van der Waals surface area contributed by atoms with Gasteiger partial charge in [0.1, 0.15) is 5.75 Å². The number of rotatable bonds is 4. The van der Waals surface area contributed by atoms with Crippen LogP contribution in [0.1, 0.15) is 36.5 Å². The first-order chi connectivity index (χ1) is 8.60. The monoisotopic (exact) mass is 248 g/mol. The Morgan fingerprint density at radius 3 is 2.72 bits per heavy atom. The zero-order valence-corrected chi connectivity index (χ0v) is 10.2. The molecule has 0 aromatic heterocycles. The fourth-order valence-electron chi connectivity index (χ4n) is 1.54. The van der Waals surface area contributed by atoms with Gasteiger partial charge in [-0.3, -0.25) is 9.59 Å². The summed E-state index contributed by atoms with van der Waals surface area (Å²) < 4.78 is 0. The van der Waals surface area contributed by atoms with Crippen LogP contribution in [0, 0.1) is 0 Å². The number of anilines is 1. The Morgan fingerprint density at radius 2 is 2.11 bits per heavy atom. The third-order valence-corrected chi connectivity index (χ3v) is 2.76. The molecule has 18 heavy (non-hydrogen) atoms. The summed E-state index contributed by atoms with van der Waals surface area (Å²) in [7, 11) is 0. The molecule has 0 atom stereocenters. The van der Waals surface area contributed by atoms with Crippen LogP contribution in [-0.4, -0.2) is 23.0 Å². The highest BCUT2D eigenvalue weighted by Gasteiger charge is 2.25. The normalized spacial score (nSPS) is 14.1. The van der Waals surface area contributed by atoms with Crippen molar-refractivity contribution in [2.75, 3.05) is 5.32 Å². The van der Waals surface area contributed by atoms with E-state index in [0.717, 1.165) is 12.8 Å². The van der Waals surface area contributed by atoms with E-state index in [1.54, 1.807) is 13.0 Å². The second-order valence-electron chi connectivity index (χ2n) is 4.38. The number of carbonyl (C=O) groups is 2. The van der Waals surface area contributed by atoms with Gasteiger partial charge >= 0.3 is 0 Å². The molecule has 2 amide bonds. The molecule has 0 bridgehead atoms. The van der Waals surface area contributed by atoms with Gasteiger partial charge in [0.05, 0.1) is 5.56 Å². The minimum absolute atomic E-state index is 0.0809. The number of carbonyl (C=O) groups excluding carboxylic acids is 2. The van der Waals surface area contributed by atoms with Crippen molar-refractivity contribution in [3.63, 3.8) is 0 Å². The standard InChI is InChI=1S/C13H16N2O3/c1-2-12(17)14-9-5-6-11(16)10(7-9)13(18)15-8-3-4-8/h5-8,16H,2-4H2,1H3,(H,14,17)(H,15,18). The van der Waals surface area contributed by atoms with Gasteiger partial charge in [-0.1, -0.05) is 6.92 Å². The molecule has 0 heterocycles. The second kappa shape index (κ2) is 5.08. The maximum Gasteiger partial charge on any atom is 0.255 e. The first-order valence-corrected chi connectivity index (χ1v) is 6.04. The molecular weight excluding hydrogens is 232 g/mol.